The Hall–Kier alpha value is -1.35. The third-order valence-corrected chi connectivity index (χ3v) is 3.83. The van der Waals surface area contributed by atoms with Crippen LogP contribution in [0, 0.1) is 13.8 Å². The van der Waals surface area contributed by atoms with E-state index in [1.54, 1.807) is 0 Å². The van der Waals surface area contributed by atoms with Gasteiger partial charge in [0, 0.05) is 24.2 Å². The van der Waals surface area contributed by atoms with Gasteiger partial charge in [0.25, 0.3) is 5.91 Å². The molecule has 0 radical (unpaired) electrons. The predicted octanol–water partition coefficient (Wildman–Crippen LogP) is 1.87. The molecule has 1 heterocycles. The van der Waals surface area contributed by atoms with Gasteiger partial charge in [-0.05, 0) is 50.5 Å². The van der Waals surface area contributed by atoms with Crippen molar-refractivity contribution >= 4 is 5.91 Å². The van der Waals surface area contributed by atoms with Crippen LogP contribution in [0.15, 0.2) is 18.2 Å². The van der Waals surface area contributed by atoms with Crippen molar-refractivity contribution in [3.8, 4) is 0 Å². The van der Waals surface area contributed by atoms with Crippen molar-refractivity contribution in [2.24, 2.45) is 5.73 Å². The third-order valence-electron chi connectivity index (χ3n) is 3.83. The van der Waals surface area contributed by atoms with Crippen molar-refractivity contribution < 1.29 is 4.79 Å². The molecule has 3 heteroatoms. The Morgan fingerprint density at radius 2 is 2.06 bits per heavy atom. The third kappa shape index (κ3) is 2.20. The molecule has 1 aromatic rings. The standard InChI is InChI=1S/C14H20N2O/c1-9-4-5-12(8-10(9)2)14(17)16-7-6-13(15)11(16)3/h4-5,8,11,13H,6-7,15H2,1-3H3. The molecule has 2 rings (SSSR count). The number of amides is 1. The van der Waals surface area contributed by atoms with E-state index in [9.17, 15) is 4.79 Å². The number of carbonyl (C=O) groups is 1. The Bertz CT molecular complexity index is 442. The van der Waals surface area contributed by atoms with Gasteiger partial charge in [0.2, 0.25) is 0 Å². The molecule has 1 amide bonds. The molecule has 0 aromatic heterocycles. The first-order valence-electron chi connectivity index (χ1n) is 6.14. The zero-order chi connectivity index (χ0) is 12.6. The molecule has 1 aliphatic rings. The summed E-state index contributed by atoms with van der Waals surface area (Å²) in [7, 11) is 0. The SMILES string of the molecule is Cc1ccc(C(=O)N2CCC(N)C2C)cc1C. The summed E-state index contributed by atoms with van der Waals surface area (Å²) in [5.41, 5.74) is 9.09. The molecule has 1 fully saturated rings. The topological polar surface area (TPSA) is 46.3 Å². The molecule has 92 valence electrons. The molecule has 17 heavy (non-hydrogen) atoms. The van der Waals surface area contributed by atoms with Crippen molar-refractivity contribution in [1.82, 2.24) is 4.90 Å². The van der Waals surface area contributed by atoms with Crippen LogP contribution < -0.4 is 5.73 Å². The first-order chi connectivity index (χ1) is 8.00. The monoisotopic (exact) mass is 232 g/mol. The quantitative estimate of drug-likeness (QED) is 0.803. The van der Waals surface area contributed by atoms with E-state index < -0.39 is 0 Å². The van der Waals surface area contributed by atoms with Gasteiger partial charge in [-0.3, -0.25) is 4.79 Å². The summed E-state index contributed by atoms with van der Waals surface area (Å²) in [6.07, 6.45) is 0.901. The lowest BCUT2D eigenvalue weighted by molar-refractivity contribution is 0.0742. The molecular formula is C14H20N2O. The number of nitrogens with two attached hydrogens (primary N) is 1. The second kappa shape index (κ2) is 4.49. The van der Waals surface area contributed by atoms with E-state index >= 15 is 0 Å². The fourth-order valence-electron chi connectivity index (χ4n) is 2.29. The molecule has 0 bridgehead atoms. The van der Waals surface area contributed by atoms with E-state index in [-0.39, 0.29) is 18.0 Å². The van der Waals surface area contributed by atoms with Crippen molar-refractivity contribution in [2.45, 2.75) is 39.3 Å². The van der Waals surface area contributed by atoms with Gasteiger partial charge in [0.15, 0.2) is 0 Å². The van der Waals surface area contributed by atoms with Gasteiger partial charge in [-0.25, -0.2) is 0 Å². The first kappa shape index (κ1) is 12.1. The van der Waals surface area contributed by atoms with Gasteiger partial charge in [-0.15, -0.1) is 0 Å². The molecule has 1 aromatic carbocycles. The lowest BCUT2D eigenvalue weighted by Gasteiger charge is -2.23. The molecule has 1 saturated heterocycles. The van der Waals surface area contributed by atoms with Crippen LogP contribution in [-0.4, -0.2) is 29.4 Å². The van der Waals surface area contributed by atoms with Crippen LogP contribution in [-0.2, 0) is 0 Å². The molecular weight excluding hydrogens is 212 g/mol. The van der Waals surface area contributed by atoms with Gasteiger partial charge in [-0.2, -0.15) is 0 Å². The van der Waals surface area contributed by atoms with Crippen LogP contribution in [0.25, 0.3) is 0 Å². The molecule has 0 spiro atoms. The summed E-state index contributed by atoms with van der Waals surface area (Å²) in [5, 5.41) is 0. The van der Waals surface area contributed by atoms with Crippen LogP contribution >= 0.6 is 0 Å². The van der Waals surface area contributed by atoms with Crippen molar-refractivity contribution in [3.63, 3.8) is 0 Å². The van der Waals surface area contributed by atoms with Gasteiger partial charge in [-0.1, -0.05) is 6.07 Å². The Balaban J connectivity index is 2.22. The molecule has 2 N–H and O–H groups in total. The zero-order valence-corrected chi connectivity index (χ0v) is 10.7. The number of rotatable bonds is 1. The van der Waals surface area contributed by atoms with Crippen LogP contribution in [0.2, 0.25) is 0 Å². The number of benzene rings is 1. The fraction of sp³-hybridized carbons (Fsp3) is 0.500. The maximum Gasteiger partial charge on any atom is 0.254 e. The highest BCUT2D eigenvalue weighted by Gasteiger charge is 2.31. The Labute approximate surface area is 103 Å². The van der Waals surface area contributed by atoms with E-state index in [0.717, 1.165) is 24.1 Å². The number of carbonyl (C=O) groups excluding carboxylic acids is 1. The number of hydrogen-bond donors (Lipinski definition) is 1. The summed E-state index contributed by atoms with van der Waals surface area (Å²) in [5.74, 6) is 0.105. The van der Waals surface area contributed by atoms with Gasteiger partial charge < -0.3 is 10.6 Å². The van der Waals surface area contributed by atoms with E-state index in [1.165, 1.54) is 5.56 Å². The summed E-state index contributed by atoms with van der Waals surface area (Å²) in [6, 6.07) is 6.13. The predicted molar refractivity (Wildman–Crippen MR) is 69.0 cm³/mol. The Morgan fingerprint density at radius 3 is 2.59 bits per heavy atom. The summed E-state index contributed by atoms with van der Waals surface area (Å²) < 4.78 is 0. The van der Waals surface area contributed by atoms with E-state index in [0.29, 0.717) is 0 Å². The summed E-state index contributed by atoms with van der Waals surface area (Å²) >= 11 is 0. The molecule has 2 atom stereocenters. The Morgan fingerprint density at radius 1 is 1.35 bits per heavy atom. The zero-order valence-electron chi connectivity index (χ0n) is 10.7. The van der Waals surface area contributed by atoms with Crippen LogP contribution in [0.5, 0.6) is 0 Å². The molecule has 1 aliphatic heterocycles. The fourth-order valence-corrected chi connectivity index (χ4v) is 2.29. The minimum atomic E-state index is 0.105. The minimum absolute atomic E-state index is 0.105. The number of likely N-dealkylation sites (tertiary alicyclic amines) is 1. The van der Waals surface area contributed by atoms with E-state index in [2.05, 4.69) is 6.92 Å². The summed E-state index contributed by atoms with van der Waals surface area (Å²) in [6.45, 7) is 6.88. The van der Waals surface area contributed by atoms with Crippen molar-refractivity contribution in [3.05, 3.63) is 34.9 Å². The van der Waals surface area contributed by atoms with Crippen LogP contribution in [0.3, 0.4) is 0 Å². The molecule has 3 nitrogen and oxygen atoms in total. The highest BCUT2D eigenvalue weighted by atomic mass is 16.2. The number of aryl methyl sites for hydroxylation is 2. The van der Waals surface area contributed by atoms with Gasteiger partial charge in [0.1, 0.15) is 0 Å². The minimum Gasteiger partial charge on any atom is -0.334 e. The first-order valence-corrected chi connectivity index (χ1v) is 6.14. The maximum absolute atomic E-state index is 12.3. The van der Waals surface area contributed by atoms with Crippen LogP contribution in [0.1, 0.15) is 34.8 Å². The highest BCUT2D eigenvalue weighted by Crippen LogP contribution is 2.20. The lowest BCUT2D eigenvalue weighted by atomic mass is 10.1. The average Bonchev–Trinajstić information content (AvgIpc) is 2.63. The smallest absolute Gasteiger partial charge is 0.254 e. The normalized spacial score (nSPS) is 24.1. The molecule has 2 unspecified atom stereocenters. The van der Waals surface area contributed by atoms with Crippen LogP contribution in [0.4, 0.5) is 0 Å². The number of hydrogen-bond acceptors (Lipinski definition) is 2. The maximum atomic E-state index is 12.3. The van der Waals surface area contributed by atoms with E-state index in [4.69, 9.17) is 5.73 Å². The average molecular weight is 232 g/mol. The van der Waals surface area contributed by atoms with Crippen molar-refractivity contribution in [1.29, 1.82) is 0 Å². The second-order valence-corrected chi connectivity index (χ2v) is 4.99. The molecule has 0 saturated carbocycles. The highest BCUT2D eigenvalue weighted by molar-refractivity contribution is 5.95. The largest absolute Gasteiger partial charge is 0.334 e. The molecule has 0 aliphatic carbocycles. The number of nitrogens with zero attached hydrogens (tertiary/aromatic N) is 1. The van der Waals surface area contributed by atoms with Crippen molar-refractivity contribution in [2.75, 3.05) is 6.54 Å². The van der Waals surface area contributed by atoms with E-state index in [1.807, 2.05) is 36.9 Å². The summed E-state index contributed by atoms with van der Waals surface area (Å²) in [4.78, 5) is 14.2. The van der Waals surface area contributed by atoms with Gasteiger partial charge >= 0.3 is 0 Å². The lowest BCUT2D eigenvalue weighted by Crippen LogP contribution is -2.40. The second-order valence-electron chi connectivity index (χ2n) is 4.99. The van der Waals surface area contributed by atoms with Gasteiger partial charge in [0.05, 0.1) is 0 Å². The Kier molecular flexibility index (Phi) is 3.20.